The first-order valence-corrected chi connectivity index (χ1v) is 7.33. The van der Waals surface area contributed by atoms with Crippen LogP contribution in [0.2, 0.25) is 0 Å². The fourth-order valence-corrected chi connectivity index (χ4v) is 2.86. The summed E-state index contributed by atoms with van der Waals surface area (Å²) in [6.45, 7) is 0. The van der Waals surface area contributed by atoms with Gasteiger partial charge in [0.15, 0.2) is 0 Å². The third-order valence-electron chi connectivity index (χ3n) is 4.10. The number of benzene rings is 2. The van der Waals surface area contributed by atoms with Gasteiger partial charge in [0.2, 0.25) is 0 Å². The highest BCUT2D eigenvalue weighted by atomic mass is 16.2. The maximum Gasteiger partial charge on any atom is 0.265 e. The molecule has 0 saturated heterocycles. The highest BCUT2D eigenvalue weighted by Crippen LogP contribution is 2.26. The van der Waals surface area contributed by atoms with E-state index in [0.717, 1.165) is 11.3 Å². The van der Waals surface area contributed by atoms with Gasteiger partial charge < -0.3 is 10.2 Å². The highest BCUT2D eigenvalue weighted by Gasteiger charge is 2.28. The van der Waals surface area contributed by atoms with E-state index in [1.807, 2.05) is 42.3 Å². The number of fused-ring (bicyclic) bond motifs is 1. The number of amides is 2. The molecule has 0 aliphatic carbocycles. The minimum atomic E-state index is -0.342. The molecule has 0 saturated carbocycles. The molecule has 1 aliphatic heterocycles. The Kier molecular flexibility index (Phi) is 3.99. The Bertz CT molecular complexity index is 760. The van der Waals surface area contributed by atoms with Crippen molar-refractivity contribution in [2.75, 3.05) is 11.9 Å². The minimum Gasteiger partial charge on any atom is -0.353 e. The number of nitrogens with two attached hydrogens (primary N) is 1. The fourth-order valence-electron chi connectivity index (χ4n) is 2.86. The van der Waals surface area contributed by atoms with Crippen LogP contribution in [-0.2, 0) is 6.42 Å². The first-order chi connectivity index (χ1) is 11.1. The molecule has 1 atom stereocenters. The summed E-state index contributed by atoms with van der Waals surface area (Å²) >= 11 is 0. The summed E-state index contributed by atoms with van der Waals surface area (Å²) in [6.07, 6.45) is 0.268. The van der Waals surface area contributed by atoms with Gasteiger partial charge in [-0.05, 0) is 23.8 Å². The Hall–Kier alpha value is -2.86. The number of nitrogens with zero attached hydrogens (tertiary/aromatic N) is 1. The molecule has 2 aromatic rings. The lowest BCUT2D eigenvalue weighted by molar-refractivity contribution is 0.0928. The molecule has 0 aromatic heterocycles. The maximum atomic E-state index is 12.3. The van der Waals surface area contributed by atoms with E-state index in [9.17, 15) is 9.59 Å². The van der Waals surface area contributed by atoms with Crippen molar-refractivity contribution in [1.29, 1.82) is 0 Å². The summed E-state index contributed by atoms with van der Waals surface area (Å²) in [4.78, 5) is 26.2. The van der Waals surface area contributed by atoms with Crippen molar-refractivity contribution in [2.24, 2.45) is 5.84 Å². The lowest BCUT2D eigenvalue weighted by Crippen LogP contribution is -2.52. The van der Waals surface area contributed by atoms with Crippen molar-refractivity contribution in [3.8, 4) is 0 Å². The van der Waals surface area contributed by atoms with E-state index >= 15 is 0 Å². The number of rotatable bonds is 3. The molecule has 0 radical (unpaired) electrons. The number of carbonyl (C=O) groups excluding carboxylic acids is 2. The topological polar surface area (TPSA) is 87.5 Å². The van der Waals surface area contributed by atoms with Crippen molar-refractivity contribution in [1.82, 2.24) is 10.7 Å². The van der Waals surface area contributed by atoms with Crippen LogP contribution in [0.15, 0.2) is 48.5 Å². The number of nitrogens with one attached hydrogen (secondary N) is 2. The predicted octanol–water partition coefficient (Wildman–Crippen LogP) is 1.04. The Morgan fingerprint density at radius 1 is 1.22 bits per heavy atom. The molecule has 2 amide bonds. The van der Waals surface area contributed by atoms with Gasteiger partial charge in [-0.2, -0.15) is 0 Å². The largest absolute Gasteiger partial charge is 0.353 e. The first kappa shape index (κ1) is 15.1. The van der Waals surface area contributed by atoms with Crippen LogP contribution in [0.5, 0.6) is 0 Å². The summed E-state index contributed by atoms with van der Waals surface area (Å²) in [6, 6.07) is 14.7. The zero-order chi connectivity index (χ0) is 16.4. The Morgan fingerprint density at radius 2 is 1.91 bits per heavy atom. The second-order valence-electron chi connectivity index (χ2n) is 5.45. The van der Waals surface area contributed by atoms with E-state index in [0.29, 0.717) is 17.5 Å². The molecule has 1 heterocycles. The van der Waals surface area contributed by atoms with Gasteiger partial charge in [-0.3, -0.25) is 15.0 Å². The Morgan fingerprint density at radius 3 is 2.70 bits per heavy atom. The first-order valence-electron chi connectivity index (χ1n) is 7.33. The molecule has 2 aromatic carbocycles. The summed E-state index contributed by atoms with van der Waals surface area (Å²) in [5, 5.41) is 2.98. The number of likely N-dealkylation sites (N-methyl/N-ethyl adjacent to an activating group) is 1. The highest BCUT2D eigenvalue weighted by molar-refractivity contribution is 6.02. The van der Waals surface area contributed by atoms with Gasteiger partial charge in [0.25, 0.3) is 11.8 Å². The standard InChI is InChI=1S/C17H18N4O2/c1-21-14-9-5-4-8-13(14)16(22)19-15(21)10-11-6-2-3-7-12(11)17(23)20-18/h2-9,15H,10,18H2,1H3,(H,19,22)(H,20,23). The van der Waals surface area contributed by atoms with Crippen molar-refractivity contribution in [2.45, 2.75) is 12.6 Å². The average Bonchev–Trinajstić information content (AvgIpc) is 2.59. The monoisotopic (exact) mass is 310 g/mol. The van der Waals surface area contributed by atoms with Gasteiger partial charge in [-0.1, -0.05) is 30.3 Å². The molecule has 0 fully saturated rings. The summed E-state index contributed by atoms with van der Waals surface area (Å²) < 4.78 is 0. The van der Waals surface area contributed by atoms with Crippen molar-refractivity contribution < 1.29 is 9.59 Å². The lowest BCUT2D eigenvalue weighted by atomic mass is 9.99. The quantitative estimate of drug-likeness (QED) is 0.449. The van der Waals surface area contributed by atoms with Crippen molar-refractivity contribution in [3.63, 3.8) is 0 Å². The summed E-state index contributed by atoms with van der Waals surface area (Å²) in [5.74, 6) is 4.79. The molecular formula is C17H18N4O2. The molecular weight excluding hydrogens is 292 g/mol. The Labute approximate surface area is 134 Å². The molecule has 6 heteroatoms. The number of nitrogen functional groups attached to an aromatic ring is 1. The lowest BCUT2D eigenvalue weighted by Gasteiger charge is -2.36. The van der Waals surface area contributed by atoms with Crippen LogP contribution in [0.25, 0.3) is 0 Å². The van der Waals surface area contributed by atoms with E-state index < -0.39 is 0 Å². The van der Waals surface area contributed by atoms with Crippen LogP contribution in [0.4, 0.5) is 5.69 Å². The summed E-state index contributed by atoms with van der Waals surface area (Å²) in [7, 11) is 1.93. The minimum absolute atomic E-state index is 0.107. The van der Waals surface area contributed by atoms with Gasteiger partial charge in [-0.25, -0.2) is 5.84 Å². The SMILES string of the molecule is CN1c2ccccc2C(=O)NC1Cc1ccccc1C(=O)NN. The molecule has 0 spiro atoms. The van der Waals surface area contributed by atoms with Crippen LogP contribution in [-0.4, -0.2) is 25.0 Å². The van der Waals surface area contributed by atoms with Crippen LogP contribution < -0.4 is 21.5 Å². The van der Waals surface area contributed by atoms with Gasteiger partial charge in [0.1, 0.15) is 6.17 Å². The summed E-state index contributed by atoms with van der Waals surface area (Å²) in [5.41, 5.74) is 5.02. The van der Waals surface area contributed by atoms with Gasteiger partial charge in [0.05, 0.1) is 11.3 Å². The number of para-hydroxylation sites is 1. The number of hydrazine groups is 1. The third-order valence-corrected chi connectivity index (χ3v) is 4.10. The predicted molar refractivity (Wildman–Crippen MR) is 87.9 cm³/mol. The Balaban J connectivity index is 1.91. The second-order valence-corrected chi connectivity index (χ2v) is 5.45. The van der Waals surface area contributed by atoms with Crippen LogP contribution >= 0.6 is 0 Å². The van der Waals surface area contributed by atoms with E-state index in [1.54, 1.807) is 18.2 Å². The van der Waals surface area contributed by atoms with Crippen LogP contribution in [0, 0.1) is 0 Å². The molecule has 1 unspecified atom stereocenters. The molecule has 23 heavy (non-hydrogen) atoms. The van der Waals surface area contributed by atoms with E-state index in [2.05, 4.69) is 10.7 Å². The van der Waals surface area contributed by atoms with Gasteiger partial charge in [0, 0.05) is 19.0 Å². The van der Waals surface area contributed by atoms with Gasteiger partial charge in [-0.15, -0.1) is 0 Å². The van der Waals surface area contributed by atoms with E-state index in [-0.39, 0.29) is 18.0 Å². The molecule has 0 bridgehead atoms. The van der Waals surface area contributed by atoms with Crippen LogP contribution in [0.3, 0.4) is 0 Å². The van der Waals surface area contributed by atoms with Crippen molar-refractivity contribution >= 4 is 17.5 Å². The fraction of sp³-hybridized carbons (Fsp3) is 0.176. The molecule has 6 nitrogen and oxygen atoms in total. The van der Waals surface area contributed by atoms with Crippen LogP contribution in [0.1, 0.15) is 26.3 Å². The van der Waals surface area contributed by atoms with E-state index in [1.165, 1.54) is 0 Å². The van der Waals surface area contributed by atoms with Crippen molar-refractivity contribution in [3.05, 3.63) is 65.2 Å². The molecule has 3 rings (SSSR count). The second kappa shape index (κ2) is 6.10. The van der Waals surface area contributed by atoms with Gasteiger partial charge >= 0.3 is 0 Å². The third kappa shape index (κ3) is 2.76. The number of anilines is 1. The zero-order valence-electron chi connectivity index (χ0n) is 12.7. The normalized spacial score (nSPS) is 16.5. The molecule has 1 aliphatic rings. The maximum absolute atomic E-state index is 12.3. The van der Waals surface area contributed by atoms with E-state index in [4.69, 9.17) is 5.84 Å². The molecule has 4 N–H and O–H groups in total. The smallest absolute Gasteiger partial charge is 0.265 e. The molecule has 118 valence electrons. The zero-order valence-corrected chi connectivity index (χ0v) is 12.7. The number of carbonyl (C=O) groups is 2. The number of hydrogen-bond acceptors (Lipinski definition) is 4. The number of hydrogen-bond donors (Lipinski definition) is 3. The average molecular weight is 310 g/mol.